The zero-order valence-electron chi connectivity index (χ0n) is 29.3. The van der Waals surface area contributed by atoms with Crippen LogP contribution in [0.5, 0.6) is 23.0 Å². The quantitative estimate of drug-likeness (QED) is 0.162. The molecule has 4 heteroatoms. The van der Waals surface area contributed by atoms with Crippen LogP contribution in [-0.4, -0.2) is 0 Å². The molecule has 6 aromatic carbocycles. The molecule has 12 bridgehead atoms. The third-order valence-electron chi connectivity index (χ3n) is 9.91. The van der Waals surface area contributed by atoms with Crippen LogP contribution in [-0.2, 0) is 37.3 Å². The first-order chi connectivity index (χ1) is 24.2. The molecule has 4 nitrogen and oxygen atoms in total. The Hall–Kier alpha value is -5.48. The second-order valence-electron chi connectivity index (χ2n) is 14.1. The summed E-state index contributed by atoms with van der Waals surface area (Å²) >= 11 is 0. The molecule has 0 saturated carbocycles. The van der Waals surface area contributed by atoms with Gasteiger partial charge in [-0.05, 0) is 105 Å². The molecule has 50 heavy (non-hydrogen) atoms. The van der Waals surface area contributed by atoms with Crippen LogP contribution >= 0.6 is 0 Å². The van der Waals surface area contributed by atoms with Crippen molar-refractivity contribution in [2.45, 2.75) is 65.0 Å². The van der Waals surface area contributed by atoms with Crippen molar-refractivity contribution in [2.24, 2.45) is 0 Å². The van der Waals surface area contributed by atoms with Gasteiger partial charge >= 0.3 is 0 Å². The predicted molar refractivity (Wildman–Crippen MR) is 200 cm³/mol. The molecule has 13 rings (SSSR count). The lowest BCUT2D eigenvalue weighted by Crippen LogP contribution is -2.18. The molecule has 7 aliphatic heterocycles. The summed E-state index contributed by atoms with van der Waals surface area (Å²) in [5.74, 6) is 3.37. The van der Waals surface area contributed by atoms with Crippen molar-refractivity contribution in [1.29, 1.82) is 0 Å². The van der Waals surface area contributed by atoms with E-state index in [1.165, 1.54) is 22.3 Å². The second-order valence-corrected chi connectivity index (χ2v) is 14.1. The summed E-state index contributed by atoms with van der Waals surface area (Å²) < 4.78 is 24.8. The van der Waals surface area contributed by atoms with Crippen LogP contribution in [0.25, 0.3) is 0 Å². The SMILES string of the molecule is CC1(C)c2ccc(cc2)OCc2cccc(c2)COc2ccc(cc2)C(C)(C)c2ccc(cc2)OCc2cccc(c2)COc2ccc1cc2. The van der Waals surface area contributed by atoms with Gasteiger partial charge in [-0.2, -0.15) is 0 Å². The third-order valence-corrected chi connectivity index (χ3v) is 9.91. The van der Waals surface area contributed by atoms with E-state index in [1.807, 2.05) is 0 Å². The molecule has 0 aliphatic carbocycles. The van der Waals surface area contributed by atoms with E-state index in [2.05, 4.69) is 173 Å². The van der Waals surface area contributed by atoms with E-state index < -0.39 is 0 Å². The minimum absolute atomic E-state index is 0.185. The number of ether oxygens (including phenoxy) is 4. The van der Waals surface area contributed by atoms with E-state index in [4.69, 9.17) is 18.9 Å². The summed E-state index contributed by atoms with van der Waals surface area (Å²) in [5.41, 5.74) is 8.91. The van der Waals surface area contributed by atoms with Gasteiger partial charge in [0.15, 0.2) is 0 Å². The zero-order valence-corrected chi connectivity index (χ0v) is 29.3. The molecular weight excluding hydrogens is 617 g/mol. The molecule has 7 aliphatic rings. The molecule has 0 aromatic heterocycles. The van der Waals surface area contributed by atoms with E-state index in [-0.39, 0.29) is 10.8 Å². The van der Waals surface area contributed by atoms with Gasteiger partial charge in [0.2, 0.25) is 0 Å². The van der Waals surface area contributed by atoms with Crippen LogP contribution in [0.15, 0.2) is 146 Å². The summed E-state index contributed by atoms with van der Waals surface area (Å²) in [6.07, 6.45) is 0. The van der Waals surface area contributed by atoms with Crippen molar-refractivity contribution in [3.63, 3.8) is 0 Å². The van der Waals surface area contributed by atoms with Crippen LogP contribution in [0.4, 0.5) is 0 Å². The maximum Gasteiger partial charge on any atom is 0.119 e. The monoisotopic (exact) mass is 660 g/mol. The first-order valence-corrected chi connectivity index (χ1v) is 17.3. The molecule has 7 heterocycles. The van der Waals surface area contributed by atoms with E-state index in [9.17, 15) is 0 Å². The Morgan fingerprint density at radius 2 is 0.540 bits per heavy atom. The van der Waals surface area contributed by atoms with Crippen molar-refractivity contribution in [3.05, 3.63) is 190 Å². The maximum absolute atomic E-state index is 6.20. The summed E-state index contributed by atoms with van der Waals surface area (Å²) in [6, 6.07) is 50.5. The Morgan fingerprint density at radius 3 is 0.760 bits per heavy atom. The Morgan fingerprint density at radius 1 is 0.320 bits per heavy atom. The maximum atomic E-state index is 6.20. The average molecular weight is 661 g/mol. The largest absolute Gasteiger partial charge is 0.489 e. The number of benzene rings is 6. The third kappa shape index (κ3) is 7.55. The van der Waals surface area contributed by atoms with Gasteiger partial charge in [0.05, 0.1) is 0 Å². The molecule has 252 valence electrons. The molecule has 0 N–H and O–H groups in total. The van der Waals surface area contributed by atoms with Crippen molar-refractivity contribution in [2.75, 3.05) is 0 Å². The van der Waals surface area contributed by atoms with Gasteiger partial charge in [-0.3, -0.25) is 0 Å². The first kappa shape index (κ1) is 33.0. The van der Waals surface area contributed by atoms with Gasteiger partial charge in [-0.25, -0.2) is 0 Å². The Bertz CT molecular complexity index is 1740. The molecular formula is C46H44O4. The summed E-state index contributed by atoms with van der Waals surface area (Å²) in [4.78, 5) is 0. The molecule has 0 amide bonds. The lowest BCUT2D eigenvalue weighted by molar-refractivity contribution is 0.299. The molecule has 0 atom stereocenters. The van der Waals surface area contributed by atoms with Crippen LogP contribution in [0.1, 0.15) is 72.2 Å². The normalized spacial score (nSPS) is 15.4. The minimum atomic E-state index is -0.185. The van der Waals surface area contributed by atoms with Crippen molar-refractivity contribution in [1.82, 2.24) is 0 Å². The second kappa shape index (κ2) is 14.2. The fourth-order valence-corrected chi connectivity index (χ4v) is 6.49. The van der Waals surface area contributed by atoms with Crippen LogP contribution in [0.3, 0.4) is 0 Å². The van der Waals surface area contributed by atoms with Crippen LogP contribution in [0, 0.1) is 0 Å². The topological polar surface area (TPSA) is 36.9 Å². The first-order valence-electron chi connectivity index (χ1n) is 17.3. The van der Waals surface area contributed by atoms with E-state index in [1.54, 1.807) is 0 Å². The van der Waals surface area contributed by atoms with E-state index in [0.29, 0.717) is 26.4 Å². The summed E-state index contributed by atoms with van der Waals surface area (Å²) in [5, 5.41) is 0. The molecule has 6 aromatic rings. The Kier molecular flexibility index (Phi) is 9.36. The molecule has 0 radical (unpaired) electrons. The summed E-state index contributed by atoms with van der Waals surface area (Å²) in [7, 11) is 0. The van der Waals surface area contributed by atoms with Crippen LogP contribution in [0.2, 0.25) is 0 Å². The van der Waals surface area contributed by atoms with Crippen molar-refractivity contribution < 1.29 is 18.9 Å². The van der Waals surface area contributed by atoms with Crippen LogP contribution < -0.4 is 18.9 Å². The highest BCUT2D eigenvalue weighted by molar-refractivity contribution is 5.44. The van der Waals surface area contributed by atoms with Gasteiger partial charge in [0.1, 0.15) is 49.4 Å². The zero-order chi connectivity index (χ0) is 34.6. The molecule has 0 spiro atoms. The molecule has 0 unspecified atom stereocenters. The predicted octanol–water partition coefficient (Wildman–Crippen LogP) is 11.0. The average Bonchev–Trinajstić information content (AvgIpc) is 3.15. The fraction of sp³-hybridized carbons (Fsp3) is 0.217. The standard InChI is InChI=1S/C46H44O4/c1-45(2)37-11-19-41(20-12-37)47-29-33-7-5-9-35(27-33)31-49-43-23-15-39(16-24-43)46(3,4)40-17-25-44(26-18-40)50-32-36-10-6-8-34(28-36)30-48-42-21-13-38(45)14-22-42/h5-28H,29-32H2,1-4H3. The van der Waals surface area contributed by atoms with Gasteiger partial charge in [0.25, 0.3) is 0 Å². The minimum Gasteiger partial charge on any atom is -0.489 e. The van der Waals surface area contributed by atoms with Gasteiger partial charge in [0, 0.05) is 10.8 Å². The molecule has 0 fully saturated rings. The number of hydrogen-bond acceptors (Lipinski definition) is 4. The lowest BCUT2D eigenvalue weighted by atomic mass is 9.78. The van der Waals surface area contributed by atoms with Gasteiger partial charge < -0.3 is 18.9 Å². The van der Waals surface area contributed by atoms with Crippen molar-refractivity contribution >= 4 is 0 Å². The highest BCUT2D eigenvalue weighted by Crippen LogP contribution is 2.35. The number of rotatable bonds is 0. The smallest absolute Gasteiger partial charge is 0.119 e. The van der Waals surface area contributed by atoms with E-state index >= 15 is 0 Å². The number of hydrogen-bond donors (Lipinski definition) is 0. The van der Waals surface area contributed by atoms with Crippen molar-refractivity contribution in [3.8, 4) is 23.0 Å². The van der Waals surface area contributed by atoms with E-state index in [0.717, 1.165) is 45.3 Å². The lowest BCUT2D eigenvalue weighted by Gasteiger charge is -2.26. The van der Waals surface area contributed by atoms with Gasteiger partial charge in [-0.15, -0.1) is 0 Å². The highest BCUT2D eigenvalue weighted by atomic mass is 16.5. The molecule has 0 saturated heterocycles. The Labute approximate surface area is 296 Å². The van der Waals surface area contributed by atoms with Gasteiger partial charge in [-0.1, -0.05) is 113 Å². The summed E-state index contributed by atoms with van der Waals surface area (Å²) in [6.45, 7) is 10.9. The highest BCUT2D eigenvalue weighted by Gasteiger charge is 2.24. The Balaban J connectivity index is 1.13. The fourth-order valence-electron chi connectivity index (χ4n) is 6.49.